The largest absolute Gasteiger partial charge is 0.444 e. The van der Waals surface area contributed by atoms with Crippen molar-refractivity contribution in [1.29, 1.82) is 0 Å². The number of carbonyl (C=O) groups excluding carboxylic acids is 1. The monoisotopic (exact) mass is 302 g/mol. The number of nitrogens with zero attached hydrogens (tertiary/aromatic N) is 1. The molecule has 0 saturated carbocycles. The lowest BCUT2D eigenvalue weighted by Gasteiger charge is -2.29. The van der Waals surface area contributed by atoms with Gasteiger partial charge in [0.05, 0.1) is 11.8 Å². The molecule has 2 unspecified atom stereocenters. The number of hydrogen-bond acceptors (Lipinski definition) is 4. The Morgan fingerprint density at radius 2 is 2.09 bits per heavy atom. The second-order valence-corrected chi connectivity index (χ2v) is 5.79. The number of amides is 1. The van der Waals surface area contributed by atoms with E-state index in [9.17, 15) is 9.90 Å². The zero-order valence-electron chi connectivity index (χ0n) is 13.2. The van der Waals surface area contributed by atoms with Gasteiger partial charge in [-0.1, -0.05) is 32.4 Å². The molecule has 5 nitrogen and oxygen atoms in total. The molecule has 0 fully saturated rings. The molecule has 0 bridgehead atoms. The molecular weight excluding hydrogens is 280 g/mol. The van der Waals surface area contributed by atoms with Crippen molar-refractivity contribution in [3.63, 3.8) is 0 Å². The molecule has 1 aromatic heterocycles. The Morgan fingerprint density at radius 1 is 1.41 bits per heavy atom. The fourth-order valence-corrected chi connectivity index (χ4v) is 2.12. The van der Waals surface area contributed by atoms with Crippen LogP contribution in [0.15, 0.2) is 41.3 Å². The van der Waals surface area contributed by atoms with Gasteiger partial charge in [-0.05, 0) is 25.0 Å². The lowest BCUT2D eigenvalue weighted by Crippen LogP contribution is -2.45. The van der Waals surface area contributed by atoms with Gasteiger partial charge in [-0.15, -0.1) is 0 Å². The average Bonchev–Trinajstić information content (AvgIpc) is 3.06. The second kappa shape index (κ2) is 6.75. The Hall–Kier alpha value is -2.14. The zero-order valence-corrected chi connectivity index (χ0v) is 13.2. The Labute approximate surface area is 130 Å². The van der Waals surface area contributed by atoms with Crippen molar-refractivity contribution >= 4 is 5.91 Å². The van der Waals surface area contributed by atoms with Crippen molar-refractivity contribution in [2.45, 2.75) is 32.8 Å². The van der Waals surface area contributed by atoms with E-state index in [1.54, 1.807) is 25.3 Å². The van der Waals surface area contributed by atoms with Crippen LogP contribution in [0.1, 0.15) is 37.6 Å². The number of rotatable bonds is 6. The second-order valence-electron chi connectivity index (χ2n) is 5.79. The van der Waals surface area contributed by atoms with Crippen LogP contribution in [-0.2, 0) is 0 Å². The molecule has 0 aliphatic carbocycles. The quantitative estimate of drug-likeness (QED) is 0.860. The lowest BCUT2D eigenvalue weighted by molar-refractivity contribution is 0.00593. The Kier molecular flexibility index (Phi) is 4.98. The number of hydrogen-bond donors (Lipinski definition) is 2. The van der Waals surface area contributed by atoms with Crippen LogP contribution in [0.4, 0.5) is 0 Å². The van der Waals surface area contributed by atoms with E-state index >= 15 is 0 Å². The summed E-state index contributed by atoms with van der Waals surface area (Å²) < 4.78 is 5.21. The van der Waals surface area contributed by atoms with Gasteiger partial charge in [0.25, 0.3) is 5.91 Å². The minimum Gasteiger partial charge on any atom is -0.444 e. The molecule has 1 amide bonds. The Balaban J connectivity index is 1.99. The summed E-state index contributed by atoms with van der Waals surface area (Å²) in [4.78, 5) is 16.0. The normalized spacial score (nSPS) is 15.1. The molecule has 0 aliphatic heterocycles. The van der Waals surface area contributed by atoms with Crippen molar-refractivity contribution in [3.05, 3.63) is 42.4 Å². The highest BCUT2D eigenvalue weighted by Crippen LogP contribution is 2.20. The summed E-state index contributed by atoms with van der Waals surface area (Å²) in [7, 11) is 0. The fraction of sp³-hybridized carbons (Fsp3) is 0.412. The van der Waals surface area contributed by atoms with Crippen LogP contribution >= 0.6 is 0 Å². The van der Waals surface area contributed by atoms with Gasteiger partial charge in [0.2, 0.25) is 0 Å². The molecule has 0 aliphatic rings. The fourth-order valence-electron chi connectivity index (χ4n) is 2.12. The van der Waals surface area contributed by atoms with Gasteiger partial charge in [-0.25, -0.2) is 4.98 Å². The van der Waals surface area contributed by atoms with Crippen molar-refractivity contribution < 1.29 is 14.3 Å². The third-order valence-electron chi connectivity index (χ3n) is 4.14. The van der Waals surface area contributed by atoms with Crippen LogP contribution in [0.3, 0.4) is 0 Å². The summed E-state index contributed by atoms with van der Waals surface area (Å²) in [6.07, 6.45) is 3.85. The maximum atomic E-state index is 12.1. The highest BCUT2D eigenvalue weighted by atomic mass is 16.3. The van der Waals surface area contributed by atoms with Gasteiger partial charge in [0.15, 0.2) is 12.2 Å². The smallest absolute Gasteiger partial charge is 0.251 e. The number of nitrogens with one attached hydrogen (secondary N) is 1. The van der Waals surface area contributed by atoms with E-state index < -0.39 is 5.60 Å². The van der Waals surface area contributed by atoms with E-state index in [-0.39, 0.29) is 18.4 Å². The van der Waals surface area contributed by atoms with Gasteiger partial charge in [0.1, 0.15) is 0 Å². The lowest BCUT2D eigenvalue weighted by atomic mass is 9.88. The Morgan fingerprint density at radius 3 is 2.64 bits per heavy atom. The first kappa shape index (κ1) is 16.2. The van der Waals surface area contributed by atoms with Crippen LogP contribution in [0.5, 0.6) is 0 Å². The molecule has 2 aromatic rings. The van der Waals surface area contributed by atoms with Gasteiger partial charge in [0, 0.05) is 17.7 Å². The van der Waals surface area contributed by atoms with Crippen molar-refractivity contribution in [2.24, 2.45) is 5.92 Å². The third-order valence-corrected chi connectivity index (χ3v) is 4.14. The maximum Gasteiger partial charge on any atom is 0.251 e. The minimum atomic E-state index is -0.913. The first-order chi connectivity index (χ1) is 10.4. The molecular formula is C17H22N2O3. The van der Waals surface area contributed by atoms with Crippen LogP contribution < -0.4 is 5.32 Å². The molecule has 0 radical (unpaired) electrons. The summed E-state index contributed by atoms with van der Waals surface area (Å²) in [5.41, 5.74) is 0.494. The summed E-state index contributed by atoms with van der Waals surface area (Å²) in [5.74, 6) is 0.570. The number of aliphatic hydroxyl groups is 1. The molecule has 1 aromatic carbocycles. The first-order valence-corrected chi connectivity index (χ1v) is 7.43. The summed E-state index contributed by atoms with van der Waals surface area (Å²) in [6.45, 7) is 5.96. The summed E-state index contributed by atoms with van der Waals surface area (Å²) in [5, 5.41) is 13.1. The molecule has 0 spiro atoms. The predicted molar refractivity (Wildman–Crippen MR) is 84.4 cm³/mol. The molecule has 1 heterocycles. The zero-order chi connectivity index (χ0) is 16.2. The van der Waals surface area contributed by atoms with Crippen molar-refractivity contribution in [2.75, 3.05) is 6.54 Å². The van der Waals surface area contributed by atoms with Gasteiger partial charge >= 0.3 is 0 Å². The van der Waals surface area contributed by atoms with Crippen LogP contribution in [0.2, 0.25) is 0 Å². The average molecular weight is 302 g/mol. The highest BCUT2D eigenvalue weighted by molar-refractivity contribution is 5.94. The van der Waals surface area contributed by atoms with Gasteiger partial charge in [-0.3, -0.25) is 4.79 Å². The maximum absolute atomic E-state index is 12.1. The molecule has 5 heteroatoms. The molecule has 0 saturated heterocycles. The summed E-state index contributed by atoms with van der Waals surface area (Å²) in [6, 6.07) is 7.07. The van der Waals surface area contributed by atoms with E-state index in [1.165, 1.54) is 6.39 Å². The van der Waals surface area contributed by atoms with Crippen LogP contribution in [-0.4, -0.2) is 28.1 Å². The van der Waals surface area contributed by atoms with E-state index in [0.717, 1.165) is 12.0 Å². The number of aromatic nitrogens is 1. The Bertz CT molecular complexity index is 603. The number of carbonyl (C=O) groups is 1. The number of benzene rings is 1. The first-order valence-electron chi connectivity index (χ1n) is 7.43. The number of oxazole rings is 1. The van der Waals surface area contributed by atoms with Gasteiger partial charge in [-0.2, -0.15) is 0 Å². The molecule has 2 atom stereocenters. The molecule has 118 valence electrons. The van der Waals surface area contributed by atoms with Crippen molar-refractivity contribution in [1.82, 2.24) is 10.3 Å². The highest BCUT2D eigenvalue weighted by Gasteiger charge is 2.27. The summed E-state index contributed by atoms with van der Waals surface area (Å²) >= 11 is 0. The van der Waals surface area contributed by atoms with Crippen LogP contribution in [0, 0.1) is 5.92 Å². The van der Waals surface area contributed by atoms with Gasteiger partial charge < -0.3 is 14.8 Å². The SMILES string of the molecule is CCC(C)C(C)(O)CNC(=O)c1ccc(-c2cnco2)cc1. The van der Waals surface area contributed by atoms with Crippen LogP contribution in [0.25, 0.3) is 11.3 Å². The van der Waals surface area contributed by atoms with E-state index in [0.29, 0.717) is 11.3 Å². The molecule has 2 rings (SSSR count). The predicted octanol–water partition coefficient (Wildman–Crippen LogP) is 2.87. The minimum absolute atomic E-state index is 0.113. The topological polar surface area (TPSA) is 75.4 Å². The van der Waals surface area contributed by atoms with Crippen molar-refractivity contribution in [3.8, 4) is 11.3 Å². The standard InChI is InChI=1S/C17H22N2O3/c1-4-12(2)17(3,21)10-19-16(20)14-7-5-13(6-8-14)15-9-18-11-22-15/h5-9,11-12,21H,4,10H2,1-3H3,(H,19,20). The third kappa shape index (κ3) is 3.74. The molecule has 22 heavy (non-hydrogen) atoms. The van der Waals surface area contributed by atoms with E-state index in [1.807, 2.05) is 26.0 Å². The van der Waals surface area contributed by atoms with E-state index in [4.69, 9.17) is 4.42 Å². The molecule has 2 N–H and O–H groups in total. The van der Waals surface area contributed by atoms with E-state index in [2.05, 4.69) is 10.3 Å².